The van der Waals surface area contributed by atoms with Crippen LogP contribution in [0.15, 0.2) is 18.3 Å². The Balaban J connectivity index is 1.89. The second-order valence-electron chi connectivity index (χ2n) is 4.84. The van der Waals surface area contributed by atoms with Crippen LogP contribution in [0, 0.1) is 12.0 Å². The number of phenolic OH excluding ortho intramolecular Hbond substituents is 2. The highest BCUT2D eigenvalue weighted by Crippen LogP contribution is 2.31. The molecular weight excluding hydrogens is 230 g/mol. The maximum atomic E-state index is 9.57. The Hall–Kier alpha value is -1.68. The van der Waals surface area contributed by atoms with Gasteiger partial charge in [-0.1, -0.05) is 0 Å². The zero-order valence-corrected chi connectivity index (χ0v) is 10.1. The van der Waals surface area contributed by atoms with E-state index in [9.17, 15) is 10.2 Å². The number of nitrogens with zero attached hydrogens (tertiary/aromatic N) is 1. The summed E-state index contributed by atoms with van der Waals surface area (Å²) >= 11 is 0. The average molecular weight is 246 g/mol. The molecular formula is C14H16NO3. The second-order valence-corrected chi connectivity index (χ2v) is 4.84. The molecule has 2 aromatic rings. The van der Waals surface area contributed by atoms with E-state index >= 15 is 0 Å². The van der Waals surface area contributed by atoms with Crippen LogP contribution in [0.3, 0.4) is 0 Å². The molecule has 1 aromatic carbocycles. The van der Waals surface area contributed by atoms with Gasteiger partial charge in [-0.05, 0) is 24.8 Å². The van der Waals surface area contributed by atoms with E-state index in [1.54, 1.807) is 12.1 Å². The molecule has 0 aliphatic carbocycles. The fraction of sp³-hybridized carbons (Fsp3) is 0.429. The molecule has 1 aromatic heterocycles. The summed E-state index contributed by atoms with van der Waals surface area (Å²) in [4.78, 5) is 0. The van der Waals surface area contributed by atoms with Gasteiger partial charge < -0.3 is 19.5 Å². The summed E-state index contributed by atoms with van der Waals surface area (Å²) in [6, 6.07) is 6.25. The number of aromatic nitrogens is 1. The van der Waals surface area contributed by atoms with E-state index in [4.69, 9.17) is 4.74 Å². The van der Waals surface area contributed by atoms with Gasteiger partial charge in [-0.15, -0.1) is 0 Å². The minimum Gasteiger partial charge on any atom is -0.504 e. The van der Waals surface area contributed by atoms with Crippen molar-refractivity contribution in [3.63, 3.8) is 0 Å². The zero-order valence-electron chi connectivity index (χ0n) is 10.1. The molecule has 0 saturated carbocycles. The van der Waals surface area contributed by atoms with Gasteiger partial charge in [0.25, 0.3) is 0 Å². The summed E-state index contributed by atoms with van der Waals surface area (Å²) in [5.74, 6) is 0.434. The molecule has 0 spiro atoms. The van der Waals surface area contributed by atoms with Gasteiger partial charge >= 0.3 is 0 Å². The van der Waals surface area contributed by atoms with Crippen LogP contribution in [-0.2, 0) is 11.3 Å². The van der Waals surface area contributed by atoms with Gasteiger partial charge in [-0.2, -0.15) is 0 Å². The standard InChI is InChI=1S/C14H16NO3/c16-13-7-11-1-4-15(12(11)8-14(13)17)9-10-2-5-18-6-3-10/h4,7-8,10,16-17H,2-3,5-6,9H2. The van der Waals surface area contributed by atoms with E-state index in [-0.39, 0.29) is 11.5 Å². The molecule has 0 unspecified atom stereocenters. The van der Waals surface area contributed by atoms with Crippen molar-refractivity contribution in [1.29, 1.82) is 0 Å². The lowest BCUT2D eigenvalue weighted by atomic mass is 10.0. The van der Waals surface area contributed by atoms with E-state index < -0.39 is 0 Å². The van der Waals surface area contributed by atoms with Crippen molar-refractivity contribution in [3.8, 4) is 11.5 Å². The average Bonchev–Trinajstić information content (AvgIpc) is 2.74. The molecule has 0 amide bonds. The van der Waals surface area contributed by atoms with Crippen molar-refractivity contribution in [3.05, 3.63) is 24.4 Å². The lowest BCUT2D eigenvalue weighted by Crippen LogP contribution is -2.19. The van der Waals surface area contributed by atoms with Gasteiger partial charge in [0.2, 0.25) is 0 Å². The fourth-order valence-corrected chi connectivity index (χ4v) is 2.49. The Morgan fingerprint density at radius 2 is 1.94 bits per heavy atom. The molecule has 2 N–H and O–H groups in total. The quantitative estimate of drug-likeness (QED) is 0.799. The Bertz CT molecular complexity index is 555. The van der Waals surface area contributed by atoms with Crippen molar-refractivity contribution in [1.82, 2.24) is 4.57 Å². The van der Waals surface area contributed by atoms with Gasteiger partial charge in [0, 0.05) is 43.5 Å². The predicted molar refractivity (Wildman–Crippen MR) is 67.6 cm³/mol. The Kier molecular flexibility index (Phi) is 2.88. The van der Waals surface area contributed by atoms with Gasteiger partial charge in [0.15, 0.2) is 11.5 Å². The summed E-state index contributed by atoms with van der Waals surface area (Å²) in [7, 11) is 0. The highest BCUT2D eigenvalue weighted by Gasteiger charge is 2.15. The predicted octanol–water partition coefficient (Wildman–Crippen LogP) is 2.28. The third-order valence-corrected chi connectivity index (χ3v) is 3.57. The van der Waals surface area contributed by atoms with Gasteiger partial charge in [-0.25, -0.2) is 0 Å². The van der Waals surface area contributed by atoms with Crippen LogP contribution in [0.2, 0.25) is 0 Å². The maximum Gasteiger partial charge on any atom is 0.159 e. The number of hydrogen-bond acceptors (Lipinski definition) is 3. The van der Waals surface area contributed by atoms with Crippen molar-refractivity contribution in [2.24, 2.45) is 5.92 Å². The van der Waals surface area contributed by atoms with Crippen LogP contribution in [-0.4, -0.2) is 28.0 Å². The maximum absolute atomic E-state index is 9.57. The molecule has 0 bridgehead atoms. The number of ether oxygens (including phenoxy) is 1. The van der Waals surface area contributed by atoms with Crippen molar-refractivity contribution < 1.29 is 14.9 Å². The minimum absolute atomic E-state index is 0.0807. The smallest absolute Gasteiger partial charge is 0.159 e. The molecule has 1 fully saturated rings. The van der Waals surface area contributed by atoms with Gasteiger partial charge in [0.1, 0.15) is 0 Å². The van der Waals surface area contributed by atoms with Crippen LogP contribution >= 0.6 is 0 Å². The number of aromatic hydroxyl groups is 2. The first-order chi connectivity index (χ1) is 8.74. The Morgan fingerprint density at radius 3 is 2.72 bits per heavy atom. The summed E-state index contributed by atoms with van der Waals surface area (Å²) in [5, 5.41) is 19.9. The van der Waals surface area contributed by atoms with Crippen LogP contribution in [0.25, 0.3) is 10.9 Å². The highest BCUT2D eigenvalue weighted by molar-refractivity contribution is 5.83. The molecule has 3 rings (SSSR count). The number of rotatable bonds is 2. The SMILES string of the molecule is Oc1cc2[c]cn(CC3CCOCC3)c2cc1O. The number of fused-ring (bicyclic) bond motifs is 1. The normalized spacial score (nSPS) is 17.3. The molecule has 1 radical (unpaired) electrons. The monoisotopic (exact) mass is 246 g/mol. The van der Waals surface area contributed by atoms with Gasteiger partial charge in [0.05, 0.1) is 5.52 Å². The minimum atomic E-state index is -0.0948. The van der Waals surface area contributed by atoms with Crippen molar-refractivity contribution in [2.45, 2.75) is 19.4 Å². The highest BCUT2D eigenvalue weighted by atomic mass is 16.5. The Morgan fingerprint density at radius 1 is 1.22 bits per heavy atom. The Labute approximate surface area is 105 Å². The number of phenols is 2. The van der Waals surface area contributed by atoms with E-state index in [2.05, 4.69) is 10.6 Å². The van der Waals surface area contributed by atoms with Crippen LogP contribution in [0.4, 0.5) is 0 Å². The second kappa shape index (κ2) is 4.53. The van der Waals surface area contributed by atoms with E-state index in [0.717, 1.165) is 43.5 Å². The van der Waals surface area contributed by atoms with E-state index in [1.807, 2.05) is 6.20 Å². The molecule has 0 atom stereocenters. The summed E-state index contributed by atoms with van der Waals surface area (Å²) in [6.45, 7) is 2.58. The van der Waals surface area contributed by atoms with E-state index in [0.29, 0.717) is 5.92 Å². The number of benzene rings is 1. The molecule has 1 saturated heterocycles. The summed E-state index contributed by atoms with van der Waals surface area (Å²) in [6.07, 6.45) is 4.03. The molecule has 4 nitrogen and oxygen atoms in total. The van der Waals surface area contributed by atoms with Crippen molar-refractivity contribution >= 4 is 10.9 Å². The third kappa shape index (κ3) is 2.04. The molecule has 18 heavy (non-hydrogen) atoms. The molecule has 1 aliphatic heterocycles. The summed E-state index contributed by atoms with van der Waals surface area (Å²) in [5.41, 5.74) is 0.914. The first-order valence-corrected chi connectivity index (χ1v) is 6.24. The third-order valence-electron chi connectivity index (χ3n) is 3.57. The van der Waals surface area contributed by atoms with E-state index in [1.165, 1.54) is 0 Å². The number of hydrogen-bond donors (Lipinski definition) is 2. The lowest BCUT2D eigenvalue weighted by Gasteiger charge is -2.22. The lowest BCUT2D eigenvalue weighted by molar-refractivity contribution is 0.0616. The fourth-order valence-electron chi connectivity index (χ4n) is 2.49. The summed E-state index contributed by atoms with van der Waals surface area (Å²) < 4.78 is 7.44. The first-order valence-electron chi connectivity index (χ1n) is 6.24. The van der Waals surface area contributed by atoms with Crippen LogP contribution in [0.5, 0.6) is 11.5 Å². The molecule has 4 heteroatoms. The van der Waals surface area contributed by atoms with Crippen molar-refractivity contribution in [2.75, 3.05) is 13.2 Å². The van der Waals surface area contributed by atoms with Crippen LogP contribution < -0.4 is 0 Å². The first kappa shape index (κ1) is 11.4. The largest absolute Gasteiger partial charge is 0.504 e. The van der Waals surface area contributed by atoms with Crippen LogP contribution in [0.1, 0.15) is 12.8 Å². The van der Waals surface area contributed by atoms with Gasteiger partial charge in [-0.3, -0.25) is 0 Å². The molecule has 2 heterocycles. The topological polar surface area (TPSA) is 54.6 Å². The molecule has 1 aliphatic rings. The molecule has 95 valence electrons. The zero-order chi connectivity index (χ0) is 12.5.